The minimum Gasteiger partial charge on any atom is -0.381 e. The number of pyridine rings is 1. The van der Waals surface area contributed by atoms with Crippen molar-refractivity contribution in [1.29, 1.82) is 5.26 Å². The van der Waals surface area contributed by atoms with Crippen LogP contribution in [0.1, 0.15) is 19.4 Å². The molecule has 0 unspecified atom stereocenters. The Morgan fingerprint density at radius 2 is 2.33 bits per heavy atom. The molecule has 0 aromatic carbocycles. The first-order valence-corrected chi connectivity index (χ1v) is 3.84. The predicted octanol–water partition coefficient (Wildman–Crippen LogP) is 1.77. The predicted molar refractivity (Wildman–Crippen MR) is 47.7 cm³/mol. The highest BCUT2D eigenvalue weighted by Crippen LogP contribution is 2.12. The van der Waals surface area contributed by atoms with Gasteiger partial charge in [0.25, 0.3) is 0 Å². The Morgan fingerprint density at radius 3 is 2.92 bits per heavy atom. The zero-order chi connectivity index (χ0) is 8.97. The molecule has 0 radical (unpaired) electrons. The summed E-state index contributed by atoms with van der Waals surface area (Å²) in [6, 6.07) is 4.12. The van der Waals surface area contributed by atoms with E-state index < -0.39 is 0 Å². The Bertz CT molecular complexity index is 299. The van der Waals surface area contributed by atoms with Gasteiger partial charge in [0.05, 0.1) is 17.4 Å². The molecule has 0 fully saturated rings. The number of nitrogens with one attached hydrogen (secondary N) is 1. The summed E-state index contributed by atoms with van der Waals surface area (Å²) < 4.78 is 0. The number of hydrogen-bond donors (Lipinski definition) is 1. The van der Waals surface area contributed by atoms with Gasteiger partial charge in [-0.05, 0) is 19.9 Å². The maximum Gasteiger partial charge on any atom is 0.101 e. The quantitative estimate of drug-likeness (QED) is 0.719. The van der Waals surface area contributed by atoms with Gasteiger partial charge in [-0.1, -0.05) is 0 Å². The van der Waals surface area contributed by atoms with Gasteiger partial charge in [-0.25, -0.2) is 0 Å². The smallest absolute Gasteiger partial charge is 0.101 e. The highest BCUT2D eigenvalue weighted by Gasteiger charge is 2.00. The Balaban J connectivity index is 2.91. The van der Waals surface area contributed by atoms with Crippen molar-refractivity contribution in [2.45, 2.75) is 19.9 Å². The number of rotatable bonds is 2. The van der Waals surface area contributed by atoms with E-state index in [1.54, 1.807) is 18.5 Å². The Labute approximate surface area is 72.1 Å². The highest BCUT2D eigenvalue weighted by atomic mass is 14.9. The van der Waals surface area contributed by atoms with Gasteiger partial charge in [-0.2, -0.15) is 5.26 Å². The summed E-state index contributed by atoms with van der Waals surface area (Å²) in [5, 5.41) is 11.9. The fourth-order valence-electron chi connectivity index (χ4n) is 0.918. The minimum atomic E-state index is 0.321. The average molecular weight is 161 g/mol. The van der Waals surface area contributed by atoms with Crippen molar-refractivity contribution in [2.75, 3.05) is 5.32 Å². The van der Waals surface area contributed by atoms with Crippen molar-refractivity contribution in [2.24, 2.45) is 0 Å². The lowest BCUT2D eigenvalue weighted by Crippen LogP contribution is -2.10. The van der Waals surface area contributed by atoms with Gasteiger partial charge in [0.2, 0.25) is 0 Å². The molecule has 3 heteroatoms. The molecule has 62 valence electrons. The summed E-state index contributed by atoms with van der Waals surface area (Å²) in [5.41, 5.74) is 1.44. The minimum absolute atomic E-state index is 0.321. The zero-order valence-corrected chi connectivity index (χ0v) is 7.20. The molecule has 0 saturated carbocycles. The van der Waals surface area contributed by atoms with Crippen LogP contribution in [-0.2, 0) is 0 Å². The van der Waals surface area contributed by atoms with Crippen LogP contribution < -0.4 is 5.32 Å². The molecule has 0 aliphatic heterocycles. The first kappa shape index (κ1) is 8.54. The fraction of sp³-hybridized carbons (Fsp3) is 0.333. The van der Waals surface area contributed by atoms with E-state index in [-0.39, 0.29) is 0 Å². The van der Waals surface area contributed by atoms with Crippen molar-refractivity contribution in [1.82, 2.24) is 4.98 Å². The summed E-state index contributed by atoms with van der Waals surface area (Å²) >= 11 is 0. The molecule has 0 atom stereocenters. The highest BCUT2D eigenvalue weighted by molar-refractivity contribution is 5.55. The van der Waals surface area contributed by atoms with E-state index in [1.165, 1.54) is 0 Å². The van der Waals surface area contributed by atoms with Crippen LogP contribution in [0.2, 0.25) is 0 Å². The van der Waals surface area contributed by atoms with E-state index in [0.717, 1.165) is 5.69 Å². The molecule has 0 amide bonds. The third kappa shape index (κ3) is 1.96. The van der Waals surface area contributed by atoms with E-state index in [0.29, 0.717) is 11.6 Å². The van der Waals surface area contributed by atoms with E-state index in [9.17, 15) is 0 Å². The number of nitrogens with zero attached hydrogens (tertiary/aromatic N) is 2. The molecule has 0 aliphatic carbocycles. The molecule has 1 heterocycles. The van der Waals surface area contributed by atoms with Gasteiger partial charge in [0, 0.05) is 12.2 Å². The Morgan fingerprint density at radius 1 is 1.58 bits per heavy atom. The number of nitriles is 1. The van der Waals surface area contributed by atoms with Gasteiger partial charge >= 0.3 is 0 Å². The third-order valence-corrected chi connectivity index (χ3v) is 1.39. The van der Waals surface area contributed by atoms with Crippen LogP contribution >= 0.6 is 0 Å². The Kier molecular flexibility index (Phi) is 2.65. The average Bonchev–Trinajstić information content (AvgIpc) is 2.04. The molecule has 12 heavy (non-hydrogen) atoms. The monoisotopic (exact) mass is 161 g/mol. The molecule has 1 N–H and O–H groups in total. The lowest BCUT2D eigenvalue weighted by atomic mass is 10.2. The van der Waals surface area contributed by atoms with Crippen molar-refractivity contribution in [3.63, 3.8) is 0 Å². The summed E-state index contributed by atoms with van der Waals surface area (Å²) in [7, 11) is 0. The van der Waals surface area contributed by atoms with Gasteiger partial charge in [-0.3, -0.25) is 4.98 Å². The SMILES string of the molecule is CC(C)Nc1cnccc1C#N. The van der Waals surface area contributed by atoms with Crippen molar-refractivity contribution < 1.29 is 0 Å². The van der Waals surface area contributed by atoms with Crippen LogP contribution in [0, 0.1) is 11.3 Å². The van der Waals surface area contributed by atoms with Crippen LogP contribution in [0.15, 0.2) is 18.5 Å². The van der Waals surface area contributed by atoms with Crippen molar-refractivity contribution in [3.05, 3.63) is 24.0 Å². The first-order chi connectivity index (χ1) is 5.74. The molecule has 1 aromatic heterocycles. The van der Waals surface area contributed by atoms with Crippen molar-refractivity contribution >= 4 is 5.69 Å². The second-order valence-electron chi connectivity index (χ2n) is 2.83. The maximum atomic E-state index is 8.71. The van der Waals surface area contributed by atoms with Crippen LogP contribution in [0.5, 0.6) is 0 Å². The topological polar surface area (TPSA) is 48.7 Å². The van der Waals surface area contributed by atoms with Gasteiger partial charge in [-0.15, -0.1) is 0 Å². The molecule has 0 spiro atoms. The summed E-state index contributed by atoms with van der Waals surface area (Å²) in [6.45, 7) is 4.04. The molecule has 0 bridgehead atoms. The molecular formula is C9H11N3. The largest absolute Gasteiger partial charge is 0.381 e. The first-order valence-electron chi connectivity index (χ1n) is 3.84. The summed E-state index contributed by atoms with van der Waals surface area (Å²) in [4.78, 5) is 3.93. The maximum absolute atomic E-state index is 8.71. The van der Waals surface area contributed by atoms with Crippen molar-refractivity contribution in [3.8, 4) is 6.07 Å². The molecule has 0 aliphatic rings. The lowest BCUT2D eigenvalue weighted by molar-refractivity contribution is 0.896. The van der Waals surface area contributed by atoms with E-state index in [4.69, 9.17) is 5.26 Å². The number of anilines is 1. The Hall–Kier alpha value is -1.56. The second kappa shape index (κ2) is 3.72. The number of aromatic nitrogens is 1. The standard InChI is InChI=1S/C9H11N3/c1-7(2)12-9-6-11-4-3-8(9)5-10/h3-4,6-7,12H,1-2H3. The number of hydrogen-bond acceptors (Lipinski definition) is 3. The molecule has 3 nitrogen and oxygen atoms in total. The fourth-order valence-corrected chi connectivity index (χ4v) is 0.918. The second-order valence-corrected chi connectivity index (χ2v) is 2.83. The lowest BCUT2D eigenvalue weighted by Gasteiger charge is -2.09. The van der Waals surface area contributed by atoms with Crippen LogP contribution in [-0.4, -0.2) is 11.0 Å². The molecular weight excluding hydrogens is 150 g/mol. The van der Waals surface area contributed by atoms with Gasteiger partial charge in [0.15, 0.2) is 0 Å². The van der Waals surface area contributed by atoms with Gasteiger partial charge < -0.3 is 5.32 Å². The zero-order valence-electron chi connectivity index (χ0n) is 7.20. The summed E-state index contributed by atoms with van der Waals surface area (Å²) in [5.74, 6) is 0. The third-order valence-electron chi connectivity index (χ3n) is 1.39. The van der Waals surface area contributed by atoms with E-state index in [1.807, 2.05) is 13.8 Å². The van der Waals surface area contributed by atoms with Crippen LogP contribution in [0.3, 0.4) is 0 Å². The van der Waals surface area contributed by atoms with E-state index in [2.05, 4.69) is 16.4 Å². The van der Waals surface area contributed by atoms with E-state index >= 15 is 0 Å². The normalized spacial score (nSPS) is 9.50. The van der Waals surface area contributed by atoms with Crippen LogP contribution in [0.4, 0.5) is 5.69 Å². The summed E-state index contributed by atoms with van der Waals surface area (Å²) in [6.07, 6.45) is 3.28. The molecule has 1 aromatic rings. The molecule has 0 saturated heterocycles. The van der Waals surface area contributed by atoms with Gasteiger partial charge in [0.1, 0.15) is 6.07 Å². The molecule has 1 rings (SSSR count). The van der Waals surface area contributed by atoms with Crippen LogP contribution in [0.25, 0.3) is 0 Å².